The Bertz CT molecular complexity index is 523. The number of carbonyl (C=O) groups is 2. The molecular formula is C13H18N4O3. The van der Waals surface area contributed by atoms with E-state index < -0.39 is 11.9 Å². The quantitative estimate of drug-likeness (QED) is 0.865. The fourth-order valence-electron chi connectivity index (χ4n) is 2.60. The van der Waals surface area contributed by atoms with Crippen LogP contribution < -0.4 is 0 Å². The van der Waals surface area contributed by atoms with E-state index in [0.29, 0.717) is 25.4 Å². The molecular weight excluding hydrogens is 260 g/mol. The smallest absolute Gasteiger partial charge is 0.308 e. The second kappa shape index (κ2) is 5.22. The molecule has 0 radical (unpaired) electrons. The summed E-state index contributed by atoms with van der Waals surface area (Å²) in [7, 11) is 0. The summed E-state index contributed by atoms with van der Waals surface area (Å²) in [6, 6.07) is 0. The first-order valence-corrected chi connectivity index (χ1v) is 7.04. The van der Waals surface area contributed by atoms with Crippen molar-refractivity contribution in [1.29, 1.82) is 0 Å². The van der Waals surface area contributed by atoms with E-state index in [9.17, 15) is 9.59 Å². The van der Waals surface area contributed by atoms with Crippen LogP contribution in [0.25, 0.3) is 0 Å². The minimum absolute atomic E-state index is 0.0804. The number of carboxylic acid groups (broad SMARTS) is 1. The van der Waals surface area contributed by atoms with Crippen LogP contribution in [-0.4, -0.2) is 50.0 Å². The van der Waals surface area contributed by atoms with E-state index >= 15 is 0 Å². The molecule has 20 heavy (non-hydrogen) atoms. The number of rotatable bonds is 4. The Morgan fingerprint density at radius 1 is 1.35 bits per heavy atom. The number of carbonyl (C=O) groups excluding carboxylic acids is 1. The molecule has 1 aliphatic heterocycles. The van der Waals surface area contributed by atoms with Gasteiger partial charge in [0.05, 0.1) is 11.6 Å². The number of amides is 1. The van der Waals surface area contributed by atoms with Gasteiger partial charge in [-0.3, -0.25) is 9.59 Å². The fraction of sp³-hybridized carbons (Fsp3) is 0.692. The van der Waals surface area contributed by atoms with Crippen LogP contribution in [-0.2, 0) is 16.1 Å². The third-order valence-electron chi connectivity index (χ3n) is 3.97. The summed E-state index contributed by atoms with van der Waals surface area (Å²) < 4.78 is 1.56. The zero-order valence-corrected chi connectivity index (χ0v) is 11.2. The first kappa shape index (κ1) is 13.1. The molecule has 2 aliphatic rings. The monoisotopic (exact) mass is 278 g/mol. The van der Waals surface area contributed by atoms with E-state index in [1.54, 1.807) is 9.58 Å². The predicted molar refractivity (Wildman–Crippen MR) is 68.9 cm³/mol. The maximum Gasteiger partial charge on any atom is 0.308 e. The highest BCUT2D eigenvalue weighted by molar-refractivity contribution is 5.77. The summed E-state index contributed by atoms with van der Waals surface area (Å²) in [6.45, 7) is 1.08. The molecule has 7 heteroatoms. The molecule has 1 aromatic rings. The second-order valence-electron chi connectivity index (χ2n) is 5.63. The van der Waals surface area contributed by atoms with E-state index in [4.69, 9.17) is 5.11 Å². The van der Waals surface area contributed by atoms with Gasteiger partial charge in [0.1, 0.15) is 6.54 Å². The second-order valence-corrected chi connectivity index (χ2v) is 5.63. The Labute approximate surface area is 116 Å². The Morgan fingerprint density at radius 2 is 2.15 bits per heavy atom. The number of aromatic nitrogens is 3. The highest BCUT2D eigenvalue weighted by Gasteiger charge is 2.29. The molecule has 0 bridgehead atoms. The van der Waals surface area contributed by atoms with Gasteiger partial charge < -0.3 is 10.0 Å². The van der Waals surface area contributed by atoms with Crippen LogP contribution in [0.2, 0.25) is 0 Å². The molecule has 1 aromatic heterocycles. The topological polar surface area (TPSA) is 88.3 Å². The van der Waals surface area contributed by atoms with Crippen LogP contribution in [0.1, 0.15) is 37.3 Å². The van der Waals surface area contributed by atoms with E-state index in [1.807, 2.05) is 6.20 Å². The number of hydrogen-bond acceptors (Lipinski definition) is 4. The summed E-state index contributed by atoms with van der Waals surface area (Å²) in [4.78, 5) is 24.8. The van der Waals surface area contributed by atoms with Gasteiger partial charge in [-0.1, -0.05) is 5.21 Å². The summed E-state index contributed by atoms with van der Waals surface area (Å²) in [5, 5.41) is 17.1. The largest absolute Gasteiger partial charge is 0.481 e. The molecule has 1 N–H and O–H groups in total. The maximum atomic E-state index is 12.2. The van der Waals surface area contributed by atoms with Crippen molar-refractivity contribution in [2.45, 2.75) is 38.1 Å². The molecule has 1 saturated heterocycles. The van der Waals surface area contributed by atoms with Gasteiger partial charge in [-0.15, -0.1) is 5.10 Å². The third-order valence-corrected chi connectivity index (χ3v) is 3.97. The lowest BCUT2D eigenvalue weighted by molar-refractivity contribution is -0.145. The molecule has 1 saturated carbocycles. The molecule has 3 rings (SSSR count). The Balaban J connectivity index is 1.58. The summed E-state index contributed by atoms with van der Waals surface area (Å²) in [6.07, 6.45) is 5.52. The molecule has 2 heterocycles. The van der Waals surface area contributed by atoms with Crippen molar-refractivity contribution in [2.24, 2.45) is 5.92 Å². The van der Waals surface area contributed by atoms with Crippen LogP contribution in [0, 0.1) is 5.92 Å². The number of carboxylic acids is 1. The molecule has 1 aliphatic carbocycles. The predicted octanol–water partition coefficient (Wildman–Crippen LogP) is 0.479. The Hall–Kier alpha value is -1.92. The number of aliphatic carboxylic acids is 1. The average Bonchev–Trinajstić information content (AvgIpc) is 3.20. The van der Waals surface area contributed by atoms with Crippen molar-refractivity contribution < 1.29 is 14.7 Å². The molecule has 7 nitrogen and oxygen atoms in total. The lowest BCUT2D eigenvalue weighted by Crippen LogP contribution is -2.43. The summed E-state index contributed by atoms with van der Waals surface area (Å²) >= 11 is 0. The summed E-state index contributed by atoms with van der Waals surface area (Å²) in [5.74, 6) is -0.821. The van der Waals surface area contributed by atoms with Crippen molar-refractivity contribution in [2.75, 3.05) is 13.1 Å². The molecule has 108 valence electrons. The van der Waals surface area contributed by atoms with Gasteiger partial charge in [-0.05, 0) is 25.7 Å². The van der Waals surface area contributed by atoms with Crippen molar-refractivity contribution in [3.8, 4) is 0 Å². The van der Waals surface area contributed by atoms with Gasteiger partial charge in [0.2, 0.25) is 5.91 Å². The van der Waals surface area contributed by atoms with Gasteiger partial charge >= 0.3 is 5.97 Å². The number of piperidine rings is 1. The van der Waals surface area contributed by atoms with Crippen molar-refractivity contribution >= 4 is 11.9 Å². The van der Waals surface area contributed by atoms with E-state index in [-0.39, 0.29) is 12.5 Å². The zero-order valence-electron chi connectivity index (χ0n) is 11.2. The van der Waals surface area contributed by atoms with Crippen molar-refractivity contribution in [3.63, 3.8) is 0 Å². The standard InChI is InChI=1S/C13H18N4O3/c18-12(16-5-1-2-10(6-16)13(19)20)8-17-7-11(14-15-17)9-3-4-9/h7,9-10H,1-6,8H2,(H,19,20)/t10-/m0/s1. The maximum absolute atomic E-state index is 12.2. The molecule has 1 atom stereocenters. The minimum Gasteiger partial charge on any atom is -0.481 e. The average molecular weight is 278 g/mol. The number of likely N-dealkylation sites (tertiary alicyclic amines) is 1. The zero-order chi connectivity index (χ0) is 14.1. The van der Waals surface area contributed by atoms with Gasteiger partial charge in [-0.25, -0.2) is 4.68 Å². The first-order valence-electron chi connectivity index (χ1n) is 7.04. The number of nitrogens with zero attached hydrogens (tertiary/aromatic N) is 4. The van der Waals surface area contributed by atoms with Crippen LogP contribution in [0.3, 0.4) is 0 Å². The molecule has 0 aromatic carbocycles. The van der Waals surface area contributed by atoms with Gasteiger partial charge in [0, 0.05) is 25.2 Å². The lowest BCUT2D eigenvalue weighted by atomic mass is 9.98. The normalized spacial score (nSPS) is 22.8. The molecule has 0 unspecified atom stereocenters. The number of hydrogen-bond donors (Lipinski definition) is 1. The molecule has 1 amide bonds. The lowest BCUT2D eigenvalue weighted by Gasteiger charge is -2.30. The highest BCUT2D eigenvalue weighted by atomic mass is 16.4. The van der Waals surface area contributed by atoms with E-state index in [2.05, 4.69) is 10.3 Å². The molecule has 0 spiro atoms. The van der Waals surface area contributed by atoms with Crippen LogP contribution in [0.4, 0.5) is 0 Å². The van der Waals surface area contributed by atoms with Gasteiger partial charge in [0.25, 0.3) is 0 Å². The van der Waals surface area contributed by atoms with E-state index in [0.717, 1.165) is 25.0 Å². The van der Waals surface area contributed by atoms with E-state index in [1.165, 1.54) is 0 Å². The first-order chi connectivity index (χ1) is 9.63. The minimum atomic E-state index is -0.820. The molecule has 2 fully saturated rings. The SMILES string of the molecule is O=C(O)[C@H]1CCCN(C(=O)Cn2cc(C3CC3)nn2)C1. The van der Waals surface area contributed by atoms with Crippen molar-refractivity contribution in [3.05, 3.63) is 11.9 Å². The van der Waals surface area contributed by atoms with Crippen LogP contribution >= 0.6 is 0 Å². The summed E-state index contributed by atoms with van der Waals surface area (Å²) in [5.41, 5.74) is 0.958. The highest BCUT2D eigenvalue weighted by Crippen LogP contribution is 2.38. The Kier molecular flexibility index (Phi) is 3.42. The van der Waals surface area contributed by atoms with Gasteiger partial charge in [0.15, 0.2) is 0 Å². The van der Waals surface area contributed by atoms with Crippen LogP contribution in [0.5, 0.6) is 0 Å². The van der Waals surface area contributed by atoms with Crippen LogP contribution in [0.15, 0.2) is 6.20 Å². The Morgan fingerprint density at radius 3 is 2.85 bits per heavy atom. The third kappa shape index (κ3) is 2.81. The van der Waals surface area contributed by atoms with Crippen molar-refractivity contribution in [1.82, 2.24) is 19.9 Å². The van der Waals surface area contributed by atoms with Gasteiger partial charge in [-0.2, -0.15) is 0 Å². The fourth-order valence-corrected chi connectivity index (χ4v) is 2.60.